The summed E-state index contributed by atoms with van der Waals surface area (Å²) in [5, 5.41) is 6.35. The van der Waals surface area contributed by atoms with Gasteiger partial charge in [0.2, 0.25) is 11.8 Å². The number of nitrogens with one attached hydrogen (secondary N) is 1. The van der Waals surface area contributed by atoms with E-state index >= 15 is 0 Å². The van der Waals surface area contributed by atoms with Crippen LogP contribution in [0.2, 0.25) is 0 Å². The minimum Gasteiger partial charge on any atom is -0.360 e. The summed E-state index contributed by atoms with van der Waals surface area (Å²) in [6, 6.07) is 11.2. The van der Waals surface area contributed by atoms with Crippen LogP contribution in [0.5, 0.6) is 0 Å². The Bertz CT molecular complexity index is 735. The first-order valence-electron chi connectivity index (χ1n) is 8.19. The van der Waals surface area contributed by atoms with Crippen molar-refractivity contribution < 1.29 is 14.1 Å². The predicted octanol–water partition coefficient (Wildman–Crippen LogP) is 3.12. The predicted molar refractivity (Wildman–Crippen MR) is 96.8 cm³/mol. The maximum absolute atomic E-state index is 12.5. The van der Waals surface area contributed by atoms with E-state index in [1.165, 1.54) is 11.0 Å². The number of carbonyl (C=O) groups is 2. The topological polar surface area (TPSA) is 75.4 Å². The first kappa shape index (κ1) is 18.4. The van der Waals surface area contributed by atoms with Crippen LogP contribution in [0.15, 0.2) is 47.0 Å². The first-order chi connectivity index (χ1) is 11.9. The summed E-state index contributed by atoms with van der Waals surface area (Å²) in [4.78, 5) is 26.2. The second kappa shape index (κ2) is 8.82. The Morgan fingerprint density at radius 3 is 2.60 bits per heavy atom. The van der Waals surface area contributed by atoms with E-state index in [1.54, 1.807) is 19.1 Å². The maximum atomic E-state index is 12.5. The fraction of sp³-hybridized carbons (Fsp3) is 0.316. The van der Waals surface area contributed by atoms with Crippen molar-refractivity contribution >= 4 is 23.7 Å². The number of amides is 2. The van der Waals surface area contributed by atoms with Crippen molar-refractivity contribution in [3.05, 3.63) is 53.8 Å². The van der Waals surface area contributed by atoms with Crippen LogP contribution in [-0.4, -0.2) is 35.0 Å². The standard InChI is InChI=1S/C19H23N3O3/c1-14(2)12-22(13-18(23)20-17-11-15(3)25-21-17)19(24)10-9-16-7-5-4-6-8-16/h4-11,14H,12-13H2,1-3H3,(H,20,21,23). The highest BCUT2D eigenvalue weighted by molar-refractivity contribution is 5.97. The molecule has 6 heteroatoms. The summed E-state index contributed by atoms with van der Waals surface area (Å²) in [6.45, 7) is 6.19. The molecule has 25 heavy (non-hydrogen) atoms. The molecule has 1 heterocycles. The molecule has 2 amide bonds. The quantitative estimate of drug-likeness (QED) is 0.785. The van der Waals surface area contributed by atoms with Gasteiger partial charge in [-0.25, -0.2) is 0 Å². The van der Waals surface area contributed by atoms with Crippen molar-refractivity contribution in [3.63, 3.8) is 0 Å². The highest BCUT2D eigenvalue weighted by Crippen LogP contribution is 2.08. The molecule has 0 saturated carbocycles. The molecule has 132 valence electrons. The maximum Gasteiger partial charge on any atom is 0.247 e. The number of carbonyl (C=O) groups excluding carboxylic acids is 2. The third-order valence-electron chi connectivity index (χ3n) is 3.35. The summed E-state index contributed by atoms with van der Waals surface area (Å²) in [6.07, 6.45) is 3.24. The van der Waals surface area contributed by atoms with Crippen molar-refractivity contribution in [2.45, 2.75) is 20.8 Å². The minimum absolute atomic E-state index is 0.0396. The number of benzene rings is 1. The SMILES string of the molecule is Cc1cc(NC(=O)CN(CC(C)C)C(=O)C=Cc2ccccc2)no1. The highest BCUT2D eigenvalue weighted by atomic mass is 16.5. The van der Waals surface area contributed by atoms with Gasteiger partial charge >= 0.3 is 0 Å². The Morgan fingerprint density at radius 1 is 1.28 bits per heavy atom. The van der Waals surface area contributed by atoms with E-state index in [-0.39, 0.29) is 24.3 Å². The van der Waals surface area contributed by atoms with Gasteiger partial charge in [0.05, 0.1) is 0 Å². The van der Waals surface area contributed by atoms with Gasteiger partial charge in [-0.3, -0.25) is 9.59 Å². The summed E-state index contributed by atoms with van der Waals surface area (Å²) in [5.74, 6) is 0.686. The number of nitrogens with zero attached hydrogens (tertiary/aromatic N) is 2. The average Bonchev–Trinajstić information content (AvgIpc) is 2.97. The van der Waals surface area contributed by atoms with E-state index in [0.717, 1.165) is 5.56 Å². The van der Waals surface area contributed by atoms with Gasteiger partial charge in [0.25, 0.3) is 0 Å². The van der Waals surface area contributed by atoms with E-state index in [2.05, 4.69) is 10.5 Å². The molecule has 2 aromatic rings. The Hall–Kier alpha value is -2.89. The summed E-state index contributed by atoms with van der Waals surface area (Å²) in [5.41, 5.74) is 0.933. The van der Waals surface area contributed by atoms with Gasteiger partial charge < -0.3 is 14.7 Å². The van der Waals surface area contributed by atoms with Crippen LogP contribution in [0.3, 0.4) is 0 Å². The van der Waals surface area contributed by atoms with Gasteiger partial charge in [-0.15, -0.1) is 0 Å². The number of hydrogen-bond acceptors (Lipinski definition) is 4. The molecule has 0 aliphatic carbocycles. The van der Waals surface area contributed by atoms with Crippen LogP contribution in [0.1, 0.15) is 25.2 Å². The Balaban J connectivity index is 2.00. The van der Waals surface area contributed by atoms with Gasteiger partial charge in [0, 0.05) is 18.7 Å². The van der Waals surface area contributed by atoms with Crippen molar-refractivity contribution in [1.82, 2.24) is 10.1 Å². The highest BCUT2D eigenvalue weighted by Gasteiger charge is 2.17. The van der Waals surface area contributed by atoms with E-state index in [4.69, 9.17) is 4.52 Å². The summed E-state index contributed by atoms with van der Waals surface area (Å²) >= 11 is 0. The number of aromatic nitrogens is 1. The van der Waals surface area contributed by atoms with E-state index < -0.39 is 0 Å². The number of anilines is 1. The minimum atomic E-state index is -0.310. The lowest BCUT2D eigenvalue weighted by Crippen LogP contribution is -2.39. The molecule has 0 aliphatic rings. The molecule has 0 radical (unpaired) electrons. The van der Waals surface area contributed by atoms with E-state index in [9.17, 15) is 9.59 Å². The van der Waals surface area contributed by atoms with Gasteiger partial charge in [-0.1, -0.05) is 49.3 Å². The molecule has 6 nitrogen and oxygen atoms in total. The molecule has 0 aliphatic heterocycles. The van der Waals surface area contributed by atoms with Gasteiger partial charge in [0.1, 0.15) is 12.3 Å². The zero-order valence-corrected chi connectivity index (χ0v) is 14.7. The molecule has 1 N–H and O–H groups in total. The van der Waals surface area contributed by atoms with Crippen LogP contribution in [0.25, 0.3) is 6.08 Å². The van der Waals surface area contributed by atoms with Crippen molar-refractivity contribution in [3.8, 4) is 0 Å². The molecular weight excluding hydrogens is 318 g/mol. The molecule has 0 saturated heterocycles. The second-order valence-corrected chi connectivity index (χ2v) is 6.23. The van der Waals surface area contributed by atoms with Crippen LogP contribution in [0, 0.1) is 12.8 Å². The molecule has 0 atom stereocenters. The lowest BCUT2D eigenvalue weighted by molar-refractivity contribution is -0.131. The fourth-order valence-electron chi connectivity index (χ4n) is 2.29. The monoisotopic (exact) mass is 341 g/mol. The molecule has 0 spiro atoms. The molecule has 0 bridgehead atoms. The summed E-state index contributed by atoms with van der Waals surface area (Å²) < 4.78 is 4.91. The lowest BCUT2D eigenvalue weighted by atomic mass is 10.2. The molecular formula is C19H23N3O3. The van der Waals surface area contributed by atoms with Gasteiger partial charge in [0.15, 0.2) is 5.82 Å². The Labute approximate surface area is 147 Å². The first-order valence-corrected chi connectivity index (χ1v) is 8.19. The van der Waals surface area contributed by atoms with Crippen molar-refractivity contribution in [2.24, 2.45) is 5.92 Å². The third kappa shape index (κ3) is 6.25. The van der Waals surface area contributed by atoms with Crippen molar-refractivity contribution in [2.75, 3.05) is 18.4 Å². The zero-order chi connectivity index (χ0) is 18.2. The smallest absolute Gasteiger partial charge is 0.247 e. The third-order valence-corrected chi connectivity index (χ3v) is 3.35. The largest absolute Gasteiger partial charge is 0.360 e. The molecule has 1 aromatic carbocycles. The van der Waals surface area contributed by atoms with Crippen LogP contribution >= 0.6 is 0 Å². The molecule has 0 unspecified atom stereocenters. The van der Waals surface area contributed by atoms with Crippen LogP contribution in [0.4, 0.5) is 5.82 Å². The number of hydrogen-bond donors (Lipinski definition) is 1. The number of rotatable bonds is 7. The summed E-state index contributed by atoms with van der Waals surface area (Å²) in [7, 11) is 0. The number of aryl methyl sites for hydroxylation is 1. The molecule has 0 fully saturated rings. The van der Waals surface area contributed by atoms with E-state index in [0.29, 0.717) is 18.1 Å². The van der Waals surface area contributed by atoms with Crippen molar-refractivity contribution in [1.29, 1.82) is 0 Å². The average molecular weight is 341 g/mol. The second-order valence-electron chi connectivity index (χ2n) is 6.23. The van der Waals surface area contributed by atoms with Gasteiger partial charge in [-0.2, -0.15) is 0 Å². The lowest BCUT2D eigenvalue weighted by Gasteiger charge is -2.22. The van der Waals surface area contributed by atoms with Gasteiger partial charge in [-0.05, 0) is 24.5 Å². The normalized spacial score (nSPS) is 11.0. The fourth-order valence-corrected chi connectivity index (χ4v) is 2.29. The zero-order valence-electron chi connectivity index (χ0n) is 14.7. The van der Waals surface area contributed by atoms with Crippen LogP contribution in [-0.2, 0) is 9.59 Å². The Kier molecular flexibility index (Phi) is 6.51. The molecule has 1 aromatic heterocycles. The molecule has 2 rings (SSSR count). The van der Waals surface area contributed by atoms with Crippen LogP contribution < -0.4 is 5.32 Å². The van der Waals surface area contributed by atoms with E-state index in [1.807, 2.05) is 44.2 Å². The Morgan fingerprint density at radius 2 is 2.00 bits per heavy atom.